The molecule has 0 saturated carbocycles. The van der Waals surface area contributed by atoms with Crippen molar-refractivity contribution in [3.63, 3.8) is 0 Å². The highest BCUT2D eigenvalue weighted by Crippen LogP contribution is 1.70. The number of rotatable bonds is 4. The van der Waals surface area contributed by atoms with Crippen LogP contribution in [0, 0.1) is 0 Å². The van der Waals surface area contributed by atoms with Gasteiger partial charge in [0.25, 0.3) is 0 Å². The van der Waals surface area contributed by atoms with Crippen molar-refractivity contribution in [2.45, 2.75) is 13.1 Å². The van der Waals surface area contributed by atoms with E-state index in [4.69, 9.17) is 26.4 Å². The molecule has 0 rings (SSSR count). The molecule has 5 nitrogen and oxygen atoms in total. The highest BCUT2D eigenvalue weighted by Gasteiger charge is 1.88. The summed E-state index contributed by atoms with van der Waals surface area (Å²) < 4.78 is 4.84. The molecule has 0 spiro atoms. The van der Waals surface area contributed by atoms with E-state index in [0.717, 1.165) is 0 Å². The molecule has 0 aromatic heterocycles. The fraction of sp³-hybridized carbons (Fsp3) is 1.00. The average Bonchev–Trinajstić information content (AvgIpc) is 2.01. The van der Waals surface area contributed by atoms with Crippen LogP contribution < -0.4 is 11.5 Å². The Kier molecular flexibility index (Phi) is 15.2. The van der Waals surface area contributed by atoms with E-state index in [0.29, 0.717) is 13.2 Å². The van der Waals surface area contributed by atoms with Gasteiger partial charge in [0.2, 0.25) is 0 Å². The van der Waals surface area contributed by atoms with Crippen LogP contribution in [0.1, 0.15) is 6.92 Å². The normalized spacial score (nSPS) is 9.27. The van der Waals surface area contributed by atoms with Crippen LogP contribution in [0.2, 0.25) is 0 Å². The van der Waals surface area contributed by atoms with E-state index in [1.807, 2.05) is 6.92 Å². The Morgan fingerprint density at radius 2 is 1.73 bits per heavy atom. The third-order valence-corrected chi connectivity index (χ3v) is 0.614. The summed E-state index contributed by atoms with van der Waals surface area (Å²) in [4.78, 5) is 0. The van der Waals surface area contributed by atoms with Gasteiger partial charge in [0.1, 0.15) is 0 Å². The van der Waals surface area contributed by atoms with Crippen molar-refractivity contribution in [1.82, 2.24) is 0 Å². The standard InChI is InChI=1S/C4H12N2O.C2H6O2/c1-2-7-3-4(5)6;3-1-2-4/h4H,2-3,5-6H2,1H3;3-4H,1-2H2. The number of hydrogen-bond acceptors (Lipinski definition) is 5. The molecule has 0 aliphatic heterocycles. The third kappa shape index (κ3) is 25.9. The van der Waals surface area contributed by atoms with Crippen LogP contribution in [0.3, 0.4) is 0 Å². The largest absolute Gasteiger partial charge is 0.394 e. The zero-order chi connectivity index (χ0) is 9.11. The van der Waals surface area contributed by atoms with Crippen LogP contribution in [0.25, 0.3) is 0 Å². The molecule has 0 bridgehead atoms. The second-order valence-electron chi connectivity index (χ2n) is 1.77. The van der Waals surface area contributed by atoms with E-state index >= 15 is 0 Å². The van der Waals surface area contributed by atoms with Gasteiger partial charge >= 0.3 is 0 Å². The Balaban J connectivity index is 0. The number of nitrogens with two attached hydrogens (primary N) is 2. The van der Waals surface area contributed by atoms with Crippen LogP contribution in [0.4, 0.5) is 0 Å². The number of hydrogen-bond donors (Lipinski definition) is 4. The van der Waals surface area contributed by atoms with Gasteiger partial charge in [-0.2, -0.15) is 0 Å². The molecular formula is C6H18N2O3. The van der Waals surface area contributed by atoms with Crippen LogP contribution in [0.15, 0.2) is 0 Å². The molecule has 0 saturated heterocycles. The van der Waals surface area contributed by atoms with E-state index in [2.05, 4.69) is 0 Å². The van der Waals surface area contributed by atoms with Crippen molar-refractivity contribution >= 4 is 0 Å². The first kappa shape index (κ1) is 13.4. The van der Waals surface area contributed by atoms with Gasteiger partial charge in [-0.1, -0.05) is 0 Å². The first-order valence-electron chi connectivity index (χ1n) is 3.49. The Hall–Kier alpha value is -0.200. The summed E-state index contributed by atoms with van der Waals surface area (Å²) in [6.45, 7) is 2.80. The first-order chi connectivity index (χ1) is 5.18. The number of ether oxygens (including phenoxy) is 1. The minimum Gasteiger partial charge on any atom is -0.394 e. The van der Waals surface area contributed by atoms with Gasteiger partial charge in [0, 0.05) is 6.61 Å². The van der Waals surface area contributed by atoms with Gasteiger partial charge in [-0.05, 0) is 6.92 Å². The monoisotopic (exact) mass is 166 g/mol. The molecule has 0 aromatic rings. The molecule has 0 aromatic carbocycles. The fourth-order valence-corrected chi connectivity index (χ4v) is 0.254. The summed E-state index contributed by atoms with van der Waals surface area (Å²) in [5, 5.41) is 15.2. The van der Waals surface area contributed by atoms with E-state index in [1.165, 1.54) is 0 Å². The lowest BCUT2D eigenvalue weighted by molar-refractivity contribution is 0.134. The quantitative estimate of drug-likeness (QED) is 0.370. The zero-order valence-electron chi connectivity index (χ0n) is 6.86. The fourth-order valence-electron chi connectivity index (χ4n) is 0.254. The summed E-state index contributed by atoms with van der Waals surface area (Å²) in [6.07, 6.45) is -0.319. The molecule has 0 radical (unpaired) electrons. The van der Waals surface area contributed by atoms with E-state index < -0.39 is 0 Å². The summed E-state index contributed by atoms with van der Waals surface area (Å²) in [5.74, 6) is 0. The Labute approximate surface area is 67.0 Å². The van der Waals surface area contributed by atoms with E-state index in [1.54, 1.807) is 0 Å². The van der Waals surface area contributed by atoms with Crippen molar-refractivity contribution in [2.75, 3.05) is 26.4 Å². The predicted molar refractivity (Wildman–Crippen MR) is 42.8 cm³/mol. The molecule has 70 valence electrons. The maximum absolute atomic E-state index is 7.62. The highest BCUT2D eigenvalue weighted by molar-refractivity contribution is 4.44. The smallest absolute Gasteiger partial charge is 0.0762 e. The third-order valence-electron chi connectivity index (χ3n) is 0.614. The van der Waals surface area contributed by atoms with Crippen molar-refractivity contribution in [2.24, 2.45) is 11.5 Å². The average molecular weight is 166 g/mol. The molecule has 6 N–H and O–H groups in total. The molecular weight excluding hydrogens is 148 g/mol. The first-order valence-corrected chi connectivity index (χ1v) is 3.49. The molecule has 0 atom stereocenters. The lowest BCUT2D eigenvalue weighted by atomic mass is 10.6. The minimum absolute atomic E-state index is 0.125. The summed E-state index contributed by atoms with van der Waals surface area (Å²) in [7, 11) is 0. The molecule has 11 heavy (non-hydrogen) atoms. The maximum atomic E-state index is 7.62. The zero-order valence-corrected chi connectivity index (χ0v) is 6.86. The van der Waals surface area contributed by atoms with Gasteiger partial charge in [-0.25, -0.2) is 0 Å². The summed E-state index contributed by atoms with van der Waals surface area (Å²) >= 11 is 0. The van der Waals surface area contributed by atoms with Crippen LogP contribution in [0.5, 0.6) is 0 Å². The lowest BCUT2D eigenvalue weighted by Gasteiger charge is -2.02. The van der Waals surface area contributed by atoms with Gasteiger partial charge in [0.15, 0.2) is 0 Å². The predicted octanol–water partition coefficient (Wildman–Crippen LogP) is -1.76. The molecule has 0 unspecified atom stereocenters. The Bertz CT molecular complexity index is 59.8. The van der Waals surface area contributed by atoms with Crippen LogP contribution in [-0.4, -0.2) is 42.8 Å². The lowest BCUT2D eigenvalue weighted by Crippen LogP contribution is -2.35. The van der Waals surface area contributed by atoms with Gasteiger partial charge < -0.3 is 26.4 Å². The molecule has 5 heteroatoms. The van der Waals surface area contributed by atoms with Crippen LogP contribution >= 0.6 is 0 Å². The minimum atomic E-state index is -0.319. The molecule has 0 amide bonds. The maximum Gasteiger partial charge on any atom is 0.0762 e. The summed E-state index contributed by atoms with van der Waals surface area (Å²) in [6, 6.07) is 0. The van der Waals surface area contributed by atoms with Crippen molar-refractivity contribution in [1.29, 1.82) is 0 Å². The highest BCUT2D eigenvalue weighted by atomic mass is 16.5. The van der Waals surface area contributed by atoms with Crippen molar-refractivity contribution < 1.29 is 14.9 Å². The topological polar surface area (TPSA) is 102 Å². The second-order valence-corrected chi connectivity index (χ2v) is 1.77. The van der Waals surface area contributed by atoms with Crippen molar-refractivity contribution in [3.05, 3.63) is 0 Å². The Morgan fingerprint density at radius 3 is 1.82 bits per heavy atom. The molecule has 0 aliphatic rings. The summed E-state index contributed by atoms with van der Waals surface area (Å²) in [5.41, 5.74) is 10.3. The van der Waals surface area contributed by atoms with E-state index in [9.17, 15) is 0 Å². The molecule has 0 heterocycles. The number of aliphatic hydroxyl groups excluding tert-OH is 2. The van der Waals surface area contributed by atoms with Gasteiger partial charge in [0.05, 0.1) is 26.0 Å². The molecule has 0 aliphatic carbocycles. The Morgan fingerprint density at radius 1 is 1.27 bits per heavy atom. The number of aliphatic hydroxyl groups is 2. The van der Waals surface area contributed by atoms with E-state index in [-0.39, 0.29) is 19.4 Å². The molecule has 0 fully saturated rings. The van der Waals surface area contributed by atoms with Crippen molar-refractivity contribution in [3.8, 4) is 0 Å². The van der Waals surface area contributed by atoms with Gasteiger partial charge in [-0.3, -0.25) is 0 Å². The van der Waals surface area contributed by atoms with Gasteiger partial charge in [-0.15, -0.1) is 0 Å². The van der Waals surface area contributed by atoms with Crippen LogP contribution in [-0.2, 0) is 4.74 Å². The second kappa shape index (κ2) is 12.5. The SMILES string of the molecule is CCOCC(N)N.OCCO.